The normalized spacial score (nSPS) is 13.1. The molecule has 0 atom stereocenters. The molecule has 9 aromatic carbocycles. The Morgan fingerprint density at radius 2 is 0.909 bits per heavy atom. The highest BCUT2D eigenvalue weighted by atomic mass is 32.1. The minimum Gasteiger partial charge on any atom is -0.310 e. The fraction of sp³-hybridized carbons (Fsp3) is 0.0566. The molecule has 0 saturated heterocycles. The van der Waals surface area contributed by atoms with Gasteiger partial charge in [0.05, 0.1) is 0 Å². The van der Waals surface area contributed by atoms with E-state index in [1.54, 1.807) is 0 Å². The van der Waals surface area contributed by atoms with Crippen LogP contribution in [-0.4, -0.2) is 0 Å². The van der Waals surface area contributed by atoms with E-state index < -0.39 is 0 Å². The number of benzene rings is 9. The molecule has 1 aromatic heterocycles. The van der Waals surface area contributed by atoms with Crippen molar-refractivity contribution in [3.63, 3.8) is 0 Å². The van der Waals surface area contributed by atoms with E-state index >= 15 is 0 Å². The molecule has 260 valence electrons. The van der Waals surface area contributed by atoms with Gasteiger partial charge in [-0.05, 0) is 103 Å². The van der Waals surface area contributed by atoms with Gasteiger partial charge in [-0.2, -0.15) is 0 Å². The highest BCUT2D eigenvalue weighted by Gasteiger charge is 2.35. The van der Waals surface area contributed by atoms with Gasteiger partial charge >= 0.3 is 0 Å². The number of hydrogen-bond donors (Lipinski definition) is 0. The van der Waals surface area contributed by atoms with Crippen LogP contribution in [0.5, 0.6) is 0 Å². The summed E-state index contributed by atoms with van der Waals surface area (Å²) < 4.78 is 2.70. The molecule has 0 spiro atoms. The number of hydrogen-bond acceptors (Lipinski definition) is 2. The number of nitrogens with zero attached hydrogens (tertiary/aromatic N) is 1. The Balaban J connectivity index is 1.03. The van der Waals surface area contributed by atoms with Crippen LogP contribution in [0.4, 0.5) is 17.1 Å². The summed E-state index contributed by atoms with van der Waals surface area (Å²) in [7, 11) is 0. The third-order valence-electron chi connectivity index (χ3n) is 11.9. The van der Waals surface area contributed by atoms with Gasteiger partial charge < -0.3 is 4.90 Å². The van der Waals surface area contributed by atoms with E-state index in [2.05, 4.69) is 207 Å². The van der Waals surface area contributed by atoms with Crippen LogP contribution in [0.15, 0.2) is 188 Å². The molecule has 0 radical (unpaired) electrons. The van der Waals surface area contributed by atoms with Crippen molar-refractivity contribution in [1.82, 2.24) is 0 Å². The zero-order valence-electron chi connectivity index (χ0n) is 30.8. The Hall–Kier alpha value is -6.48. The molecule has 0 aliphatic heterocycles. The van der Waals surface area contributed by atoms with E-state index in [1.165, 1.54) is 86.2 Å². The second kappa shape index (κ2) is 12.3. The molecule has 1 aliphatic carbocycles. The van der Waals surface area contributed by atoms with Crippen molar-refractivity contribution in [3.05, 3.63) is 199 Å². The van der Waals surface area contributed by atoms with Crippen molar-refractivity contribution in [2.45, 2.75) is 19.3 Å². The molecule has 11 rings (SSSR count). The SMILES string of the molecule is CC1(C)c2ccccc2-c2ccc(N(c3ccc(-c4cccc5ccccc45)cc3)c3ccc(-c4cccc5c4ccc4c6ccccc6sc54)cc3)cc21. The molecular weight excluding hydrogens is 683 g/mol. The van der Waals surface area contributed by atoms with Gasteiger partial charge in [-0.1, -0.05) is 159 Å². The molecule has 1 aliphatic rings. The second-order valence-electron chi connectivity index (χ2n) is 15.3. The number of thiophene rings is 1. The molecule has 0 bridgehead atoms. The number of anilines is 3. The summed E-state index contributed by atoms with van der Waals surface area (Å²) in [6.07, 6.45) is 0. The molecule has 1 nitrogen and oxygen atoms in total. The van der Waals surface area contributed by atoms with Crippen LogP contribution >= 0.6 is 11.3 Å². The lowest BCUT2D eigenvalue weighted by Gasteiger charge is -2.28. The molecule has 55 heavy (non-hydrogen) atoms. The summed E-state index contributed by atoms with van der Waals surface area (Å²) in [5.41, 5.74) is 13.7. The van der Waals surface area contributed by atoms with E-state index in [4.69, 9.17) is 0 Å². The minimum atomic E-state index is -0.0934. The van der Waals surface area contributed by atoms with Crippen LogP contribution < -0.4 is 4.90 Å². The predicted molar refractivity (Wildman–Crippen MR) is 237 cm³/mol. The fourth-order valence-electron chi connectivity index (χ4n) is 9.13. The third kappa shape index (κ3) is 4.99. The van der Waals surface area contributed by atoms with Gasteiger partial charge in [-0.3, -0.25) is 0 Å². The average Bonchev–Trinajstić information content (AvgIpc) is 3.73. The first-order valence-corrected chi connectivity index (χ1v) is 19.9. The van der Waals surface area contributed by atoms with E-state index in [9.17, 15) is 0 Å². The zero-order valence-corrected chi connectivity index (χ0v) is 31.6. The van der Waals surface area contributed by atoms with Crippen molar-refractivity contribution in [3.8, 4) is 33.4 Å². The maximum atomic E-state index is 2.42. The Labute approximate surface area is 325 Å². The lowest BCUT2D eigenvalue weighted by atomic mass is 9.82. The summed E-state index contributed by atoms with van der Waals surface area (Å²) in [6.45, 7) is 4.71. The number of rotatable bonds is 5. The molecular formula is C53H37NS. The Bertz CT molecular complexity index is 3110. The van der Waals surface area contributed by atoms with Gasteiger partial charge in [0.2, 0.25) is 0 Å². The van der Waals surface area contributed by atoms with Crippen molar-refractivity contribution >= 4 is 70.1 Å². The first kappa shape index (κ1) is 32.0. The standard InChI is InChI=1S/C53H37NS/c1-53(2)49-19-7-5-14-44(49)45-30-29-39(33-50(45)53)54(37-25-21-35(22-26-37)41-16-9-12-34-11-3-4-13-40(34)41)38-27-23-36(24-28-38)42-17-10-18-47-43(42)31-32-48-46-15-6-8-20-51(46)55-52(47)48/h3-33H,1-2H3. The first-order valence-electron chi connectivity index (χ1n) is 19.1. The summed E-state index contributed by atoms with van der Waals surface area (Å²) >= 11 is 1.89. The van der Waals surface area contributed by atoms with E-state index in [-0.39, 0.29) is 5.41 Å². The maximum absolute atomic E-state index is 2.42. The van der Waals surface area contributed by atoms with Gasteiger partial charge in [-0.25, -0.2) is 0 Å². The van der Waals surface area contributed by atoms with Gasteiger partial charge in [-0.15, -0.1) is 11.3 Å². The Morgan fingerprint density at radius 3 is 1.69 bits per heavy atom. The quantitative estimate of drug-likeness (QED) is 0.171. The summed E-state index contributed by atoms with van der Waals surface area (Å²) in [6, 6.07) is 69.6. The van der Waals surface area contributed by atoms with Crippen LogP contribution in [0, 0.1) is 0 Å². The molecule has 2 heteroatoms. The van der Waals surface area contributed by atoms with Crippen LogP contribution in [0.1, 0.15) is 25.0 Å². The van der Waals surface area contributed by atoms with Gasteiger partial charge in [0, 0.05) is 48.0 Å². The summed E-state index contributed by atoms with van der Waals surface area (Å²) in [5.74, 6) is 0. The lowest BCUT2D eigenvalue weighted by Crippen LogP contribution is -2.16. The monoisotopic (exact) mass is 719 g/mol. The van der Waals surface area contributed by atoms with Gasteiger partial charge in [0.1, 0.15) is 0 Å². The number of fused-ring (bicyclic) bond motifs is 9. The third-order valence-corrected chi connectivity index (χ3v) is 13.1. The smallest absolute Gasteiger partial charge is 0.0465 e. The maximum Gasteiger partial charge on any atom is 0.0465 e. The highest BCUT2D eigenvalue weighted by Crippen LogP contribution is 2.51. The zero-order chi connectivity index (χ0) is 36.7. The predicted octanol–water partition coefficient (Wildman–Crippen LogP) is 15.5. The highest BCUT2D eigenvalue weighted by molar-refractivity contribution is 7.26. The van der Waals surface area contributed by atoms with Crippen LogP contribution in [-0.2, 0) is 5.41 Å². The molecule has 0 amide bonds. The van der Waals surface area contributed by atoms with Crippen molar-refractivity contribution in [1.29, 1.82) is 0 Å². The molecule has 0 fully saturated rings. The minimum absolute atomic E-state index is 0.0934. The molecule has 0 N–H and O–H groups in total. The fourth-order valence-corrected chi connectivity index (χ4v) is 10.4. The van der Waals surface area contributed by atoms with Crippen molar-refractivity contribution in [2.24, 2.45) is 0 Å². The second-order valence-corrected chi connectivity index (χ2v) is 16.3. The van der Waals surface area contributed by atoms with Crippen LogP contribution in [0.3, 0.4) is 0 Å². The molecule has 0 unspecified atom stereocenters. The van der Waals surface area contributed by atoms with E-state index in [0.29, 0.717) is 0 Å². The van der Waals surface area contributed by atoms with Crippen molar-refractivity contribution < 1.29 is 0 Å². The largest absolute Gasteiger partial charge is 0.310 e. The van der Waals surface area contributed by atoms with Crippen molar-refractivity contribution in [2.75, 3.05) is 4.90 Å². The summed E-state index contributed by atoms with van der Waals surface area (Å²) in [5, 5.41) is 7.80. The summed E-state index contributed by atoms with van der Waals surface area (Å²) in [4.78, 5) is 2.42. The molecule has 10 aromatic rings. The van der Waals surface area contributed by atoms with E-state index in [1.807, 2.05) is 11.3 Å². The lowest BCUT2D eigenvalue weighted by molar-refractivity contribution is 0.660. The van der Waals surface area contributed by atoms with Gasteiger partial charge in [0.15, 0.2) is 0 Å². The van der Waals surface area contributed by atoms with Crippen LogP contribution in [0.25, 0.3) is 75.1 Å². The van der Waals surface area contributed by atoms with E-state index in [0.717, 1.165) is 17.1 Å². The first-order chi connectivity index (χ1) is 27.0. The molecule has 1 heterocycles. The van der Waals surface area contributed by atoms with Crippen LogP contribution in [0.2, 0.25) is 0 Å². The van der Waals surface area contributed by atoms with Gasteiger partial charge in [0.25, 0.3) is 0 Å². The topological polar surface area (TPSA) is 3.24 Å². The Morgan fingerprint density at radius 1 is 0.382 bits per heavy atom. The molecule has 0 saturated carbocycles. The average molecular weight is 720 g/mol. The Kier molecular flexibility index (Phi) is 7.14.